The van der Waals surface area contributed by atoms with E-state index < -0.39 is 0 Å². The number of carbonyl (C=O) groups is 1. The summed E-state index contributed by atoms with van der Waals surface area (Å²) in [5.74, 6) is 1.45. The van der Waals surface area contributed by atoms with E-state index in [4.69, 9.17) is 9.47 Å². The van der Waals surface area contributed by atoms with Crippen molar-refractivity contribution in [1.29, 1.82) is 0 Å². The second-order valence-corrected chi connectivity index (χ2v) is 7.68. The third kappa shape index (κ3) is 4.72. The zero-order chi connectivity index (χ0) is 20.1. The maximum absolute atomic E-state index is 12.2. The van der Waals surface area contributed by atoms with Crippen LogP contribution in [-0.2, 0) is 4.79 Å². The summed E-state index contributed by atoms with van der Waals surface area (Å²) in [5.41, 5.74) is 1.60. The number of rotatable bonds is 8. The lowest BCUT2D eigenvalue weighted by molar-refractivity contribution is -0.116. The first-order valence-electron chi connectivity index (χ1n) is 9.19. The summed E-state index contributed by atoms with van der Waals surface area (Å²) in [7, 11) is 1.62. The van der Waals surface area contributed by atoms with E-state index in [9.17, 15) is 9.59 Å². The molecule has 0 aliphatic rings. The number of thiazole rings is 1. The van der Waals surface area contributed by atoms with Crippen LogP contribution in [0.25, 0.3) is 10.2 Å². The van der Waals surface area contributed by atoms with Crippen LogP contribution in [0.5, 0.6) is 11.5 Å². The summed E-state index contributed by atoms with van der Waals surface area (Å²) in [6, 6.07) is 13.0. The lowest BCUT2D eigenvalue weighted by Gasteiger charge is -2.09. The molecule has 2 aromatic carbocycles. The number of ether oxygens (including phenoxy) is 2. The molecule has 0 aliphatic carbocycles. The van der Waals surface area contributed by atoms with E-state index in [0.29, 0.717) is 25.1 Å². The molecule has 6 nitrogen and oxygen atoms in total. The molecule has 28 heavy (non-hydrogen) atoms. The SMILES string of the molecule is COc1ccc(OCCCC(=O)Nc2ccc3c(c2)sc(=O)n3C(C)C)cc1. The zero-order valence-corrected chi connectivity index (χ0v) is 17.0. The van der Waals surface area contributed by atoms with Crippen molar-refractivity contribution in [2.45, 2.75) is 32.7 Å². The van der Waals surface area contributed by atoms with Gasteiger partial charge in [0.25, 0.3) is 0 Å². The second kappa shape index (κ2) is 8.93. The number of fused-ring (bicyclic) bond motifs is 1. The molecule has 1 heterocycles. The van der Waals surface area contributed by atoms with Gasteiger partial charge in [-0.25, -0.2) is 0 Å². The van der Waals surface area contributed by atoms with Gasteiger partial charge in [0.1, 0.15) is 11.5 Å². The first kappa shape index (κ1) is 19.9. The van der Waals surface area contributed by atoms with Crippen molar-refractivity contribution in [1.82, 2.24) is 4.57 Å². The number of amides is 1. The van der Waals surface area contributed by atoms with Crippen LogP contribution in [0, 0.1) is 0 Å². The molecule has 0 radical (unpaired) electrons. The summed E-state index contributed by atoms with van der Waals surface area (Å²) in [6.07, 6.45) is 0.967. The van der Waals surface area contributed by atoms with E-state index in [1.54, 1.807) is 11.7 Å². The molecule has 0 unspecified atom stereocenters. The molecule has 0 saturated carbocycles. The van der Waals surface area contributed by atoms with Crippen molar-refractivity contribution >= 4 is 33.1 Å². The number of methoxy groups -OCH3 is 1. The zero-order valence-electron chi connectivity index (χ0n) is 16.2. The predicted octanol–water partition coefficient (Wildman–Crippen LogP) is 4.45. The molecule has 1 amide bonds. The highest BCUT2D eigenvalue weighted by Crippen LogP contribution is 2.24. The highest BCUT2D eigenvalue weighted by atomic mass is 32.1. The molecule has 0 fully saturated rings. The molecular formula is C21H24N2O4S. The van der Waals surface area contributed by atoms with Crippen molar-refractivity contribution in [2.75, 3.05) is 19.0 Å². The van der Waals surface area contributed by atoms with Crippen LogP contribution in [0.3, 0.4) is 0 Å². The number of benzene rings is 2. The number of carbonyl (C=O) groups excluding carboxylic acids is 1. The van der Waals surface area contributed by atoms with E-state index in [2.05, 4.69) is 5.32 Å². The molecule has 1 aromatic heterocycles. The van der Waals surface area contributed by atoms with E-state index in [-0.39, 0.29) is 16.8 Å². The Morgan fingerprint density at radius 1 is 1.14 bits per heavy atom. The number of hydrogen-bond donors (Lipinski definition) is 1. The van der Waals surface area contributed by atoms with Gasteiger partial charge in [-0.1, -0.05) is 11.3 Å². The molecule has 3 rings (SSSR count). The Hall–Kier alpha value is -2.80. The largest absolute Gasteiger partial charge is 0.497 e. The van der Waals surface area contributed by atoms with Gasteiger partial charge in [-0.3, -0.25) is 14.2 Å². The van der Waals surface area contributed by atoms with Gasteiger partial charge >= 0.3 is 4.87 Å². The van der Waals surface area contributed by atoms with Crippen LogP contribution >= 0.6 is 11.3 Å². The minimum atomic E-state index is -0.0756. The molecule has 1 N–H and O–H groups in total. The molecule has 0 saturated heterocycles. The van der Waals surface area contributed by atoms with Gasteiger partial charge in [-0.2, -0.15) is 0 Å². The fraction of sp³-hybridized carbons (Fsp3) is 0.333. The van der Waals surface area contributed by atoms with Crippen molar-refractivity contribution < 1.29 is 14.3 Å². The molecule has 0 spiro atoms. The standard InChI is InChI=1S/C21H24N2O4S/c1-14(2)23-18-11-6-15(13-19(18)28-21(23)25)22-20(24)5-4-12-27-17-9-7-16(26-3)8-10-17/h6-11,13-14H,4-5,12H2,1-3H3,(H,22,24). The first-order valence-corrected chi connectivity index (χ1v) is 10.0. The summed E-state index contributed by atoms with van der Waals surface area (Å²) >= 11 is 1.20. The van der Waals surface area contributed by atoms with Crippen LogP contribution in [-0.4, -0.2) is 24.2 Å². The molecule has 3 aromatic rings. The minimum absolute atomic E-state index is 0.0177. The van der Waals surface area contributed by atoms with Crippen molar-refractivity contribution in [3.05, 3.63) is 52.1 Å². The van der Waals surface area contributed by atoms with Gasteiger partial charge in [-0.15, -0.1) is 0 Å². The quantitative estimate of drug-likeness (QED) is 0.567. The summed E-state index contributed by atoms with van der Waals surface area (Å²) in [5, 5.41) is 2.89. The molecule has 0 bridgehead atoms. The lowest BCUT2D eigenvalue weighted by Crippen LogP contribution is -2.14. The lowest BCUT2D eigenvalue weighted by atomic mass is 10.2. The molecular weight excluding hydrogens is 376 g/mol. The van der Waals surface area contributed by atoms with Gasteiger partial charge in [0.2, 0.25) is 5.91 Å². The van der Waals surface area contributed by atoms with Crippen LogP contribution in [0.1, 0.15) is 32.7 Å². The van der Waals surface area contributed by atoms with Crippen molar-refractivity contribution in [3.8, 4) is 11.5 Å². The van der Waals surface area contributed by atoms with E-state index in [1.807, 2.05) is 56.3 Å². The number of anilines is 1. The molecule has 0 atom stereocenters. The van der Waals surface area contributed by atoms with Crippen LogP contribution in [0.4, 0.5) is 5.69 Å². The topological polar surface area (TPSA) is 69.6 Å². The number of nitrogens with one attached hydrogen (secondary N) is 1. The highest BCUT2D eigenvalue weighted by molar-refractivity contribution is 7.16. The van der Waals surface area contributed by atoms with Crippen LogP contribution in [0.2, 0.25) is 0 Å². The molecule has 7 heteroatoms. The maximum atomic E-state index is 12.2. The average Bonchev–Trinajstić information content (AvgIpc) is 3.00. The normalized spacial score (nSPS) is 11.0. The fourth-order valence-electron chi connectivity index (χ4n) is 2.92. The fourth-order valence-corrected chi connectivity index (χ4v) is 3.97. The summed E-state index contributed by atoms with van der Waals surface area (Å²) in [6.45, 7) is 4.42. The Morgan fingerprint density at radius 2 is 1.86 bits per heavy atom. The van der Waals surface area contributed by atoms with Gasteiger partial charge in [0, 0.05) is 18.2 Å². The Labute approximate surface area is 167 Å². The van der Waals surface area contributed by atoms with E-state index in [1.165, 1.54) is 11.3 Å². The average molecular weight is 401 g/mol. The monoisotopic (exact) mass is 400 g/mol. The highest BCUT2D eigenvalue weighted by Gasteiger charge is 2.11. The van der Waals surface area contributed by atoms with Crippen molar-refractivity contribution in [3.63, 3.8) is 0 Å². The third-order valence-corrected chi connectivity index (χ3v) is 5.21. The van der Waals surface area contributed by atoms with E-state index in [0.717, 1.165) is 21.7 Å². The minimum Gasteiger partial charge on any atom is -0.497 e. The Balaban J connectivity index is 1.51. The number of aromatic nitrogens is 1. The van der Waals surface area contributed by atoms with E-state index >= 15 is 0 Å². The number of hydrogen-bond acceptors (Lipinski definition) is 5. The van der Waals surface area contributed by atoms with Crippen molar-refractivity contribution in [2.24, 2.45) is 0 Å². The Kier molecular flexibility index (Phi) is 6.36. The number of nitrogens with zero attached hydrogens (tertiary/aromatic N) is 1. The predicted molar refractivity (Wildman–Crippen MR) is 113 cm³/mol. The summed E-state index contributed by atoms with van der Waals surface area (Å²) in [4.78, 5) is 24.3. The Bertz CT molecular complexity index is 1010. The second-order valence-electron chi connectivity index (χ2n) is 6.69. The van der Waals surface area contributed by atoms with Gasteiger partial charge in [0.05, 0.1) is 23.9 Å². The molecule has 0 aliphatic heterocycles. The van der Waals surface area contributed by atoms with Crippen LogP contribution in [0.15, 0.2) is 47.3 Å². The Morgan fingerprint density at radius 3 is 2.54 bits per heavy atom. The third-order valence-electron chi connectivity index (χ3n) is 4.29. The smallest absolute Gasteiger partial charge is 0.308 e. The first-order chi connectivity index (χ1) is 13.5. The van der Waals surface area contributed by atoms with Gasteiger partial charge < -0.3 is 14.8 Å². The van der Waals surface area contributed by atoms with Gasteiger partial charge in [-0.05, 0) is 62.7 Å². The molecule has 148 valence electrons. The van der Waals surface area contributed by atoms with Crippen LogP contribution < -0.4 is 19.7 Å². The summed E-state index contributed by atoms with van der Waals surface area (Å²) < 4.78 is 13.4. The maximum Gasteiger partial charge on any atom is 0.308 e. The van der Waals surface area contributed by atoms with Gasteiger partial charge in [0.15, 0.2) is 0 Å².